The Morgan fingerprint density at radius 3 is 2.87 bits per heavy atom. The molecule has 1 fully saturated rings. The van der Waals surface area contributed by atoms with E-state index in [1.165, 1.54) is 5.39 Å². The van der Waals surface area contributed by atoms with Crippen LogP contribution in [0, 0.1) is 6.92 Å². The fourth-order valence-corrected chi connectivity index (χ4v) is 3.69. The number of anilines is 4. The Bertz CT molecular complexity index is 1170. The van der Waals surface area contributed by atoms with Crippen LogP contribution in [0.4, 0.5) is 23.1 Å². The average molecular weight is 400 g/mol. The van der Waals surface area contributed by atoms with Crippen molar-refractivity contribution < 1.29 is 4.74 Å². The number of ether oxygens (including phenoxy) is 1. The molecular formula is C23H24N6O. The Hall–Kier alpha value is -3.58. The number of aryl methyl sites for hydroxylation is 1. The number of nitrogens with one attached hydrogen (secondary N) is 4. The highest BCUT2D eigenvalue weighted by molar-refractivity contribution is 5.84. The van der Waals surface area contributed by atoms with Crippen molar-refractivity contribution in [3.05, 3.63) is 66.5 Å². The van der Waals surface area contributed by atoms with E-state index in [1.54, 1.807) is 6.20 Å². The summed E-state index contributed by atoms with van der Waals surface area (Å²) < 4.78 is 6.04. The normalized spacial score (nSPS) is 16.0. The number of fused-ring (bicyclic) bond motifs is 1. The van der Waals surface area contributed by atoms with Crippen LogP contribution in [0.25, 0.3) is 10.9 Å². The lowest BCUT2D eigenvalue weighted by Gasteiger charge is -2.14. The highest BCUT2D eigenvalue weighted by Crippen LogP contribution is 2.24. The van der Waals surface area contributed by atoms with E-state index >= 15 is 0 Å². The molecule has 2 aromatic heterocycles. The first kappa shape index (κ1) is 18.4. The van der Waals surface area contributed by atoms with Crippen molar-refractivity contribution in [2.75, 3.05) is 23.7 Å². The molecule has 2 aromatic carbocycles. The maximum absolute atomic E-state index is 6.04. The first-order valence-corrected chi connectivity index (χ1v) is 10.2. The third kappa shape index (κ3) is 4.21. The number of aromatic nitrogens is 3. The minimum Gasteiger partial charge on any atom is -0.489 e. The molecule has 0 amide bonds. The topological polar surface area (TPSA) is 86.9 Å². The van der Waals surface area contributed by atoms with Gasteiger partial charge in [-0.2, -0.15) is 4.98 Å². The van der Waals surface area contributed by atoms with Gasteiger partial charge in [0, 0.05) is 46.8 Å². The maximum Gasteiger partial charge on any atom is 0.229 e. The van der Waals surface area contributed by atoms with E-state index in [9.17, 15) is 0 Å². The third-order valence-electron chi connectivity index (χ3n) is 5.09. The predicted molar refractivity (Wildman–Crippen MR) is 120 cm³/mol. The van der Waals surface area contributed by atoms with Crippen molar-refractivity contribution in [3.63, 3.8) is 0 Å². The number of benzene rings is 2. The summed E-state index contributed by atoms with van der Waals surface area (Å²) in [6, 6.07) is 18.1. The van der Waals surface area contributed by atoms with Crippen molar-refractivity contribution in [1.29, 1.82) is 0 Å². The fourth-order valence-electron chi connectivity index (χ4n) is 3.69. The number of hydrogen-bond donors (Lipinski definition) is 4. The molecule has 0 unspecified atom stereocenters. The summed E-state index contributed by atoms with van der Waals surface area (Å²) in [6.07, 6.45) is 2.99. The molecule has 5 rings (SSSR count). The Morgan fingerprint density at radius 1 is 1.03 bits per heavy atom. The highest BCUT2D eigenvalue weighted by atomic mass is 16.5. The molecule has 4 aromatic rings. The maximum atomic E-state index is 6.04. The fraction of sp³-hybridized carbons (Fsp3) is 0.217. The molecule has 4 N–H and O–H groups in total. The standard InChI is InChI=1S/C23H24N6O/c1-15-11-16-12-18(5-6-21(16)26-15)27-22-8-10-25-23(29-22)28-17-3-2-4-19(13-17)30-20-7-9-24-14-20/h2-6,8,10-13,20,24,26H,7,9,14H2,1H3,(H2,25,27,28,29)/t20-/m0/s1. The van der Waals surface area contributed by atoms with E-state index in [1.807, 2.05) is 36.4 Å². The molecule has 1 saturated heterocycles. The minimum absolute atomic E-state index is 0.227. The van der Waals surface area contributed by atoms with Crippen LogP contribution in [0.15, 0.2) is 60.8 Å². The Morgan fingerprint density at radius 2 is 1.97 bits per heavy atom. The van der Waals surface area contributed by atoms with E-state index in [0.717, 1.165) is 53.7 Å². The van der Waals surface area contributed by atoms with Gasteiger partial charge in [-0.25, -0.2) is 4.98 Å². The van der Waals surface area contributed by atoms with Gasteiger partial charge in [-0.15, -0.1) is 0 Å². The molecule has 0 bridgehead atoms. The molecular weight excluding hydrogens is 376 g/mol. The van der Waals surface area contributed by atoms with Gasteiger partial charge in [-0.05, 0) is 62.4 Å². The molecule has 0 spiro atoms. The highest BCUT2D eigenvalue weighted by Gasteiger charge is 2.15. The minimum atomic E-state index is 0.227. The summed E-state index contributed by atoms with van der Waals surface area (Å²) in [5.41, 5.74) is 4.14. The van der Waals surface area contributed by atoms with Crippen LogP contribution < -0.4 is 20.7 Å². The van der Waals surface area contributed by atoms with Gasteiger partial charge in [0.2, 0.25) is 5.95 Å². The van der Waals surface area contributed by atoms with Crippen LogP contribution in [0.3, 0.4) is 0 Å². The van der Waals surface area contributed by atoms with Gasteiger partial charge in [-0.1, -0.05) is 6.07 Å². The summed E-state index contributed by atoms with van der Waals surface area (Å²) in [5.74, 6) is 2.10. The SMILES string of the molecule is Cc1cc2cc(Nc3ccnc(Nc4cccc(O[C@H]5CCNC5)c4)n3)ccc2[nH]1. The summed E-state index contributed by atoms with van der Waals surface area (Å²) in [4.78, 5) is 12.3. The largest absolute Gasteiger partial charge is 0.489 e. The van der Waals surface area contributed by atoms with Gasteiger partial charge in [0.05, 0.1) is 0 Å². The smallest absolute Gasteiger partial charge is 0.229 e. The second-order valence-corrected chi connectivity index (χ2v) is 7.53. The lowest BCUT2D eigenvalue weighted by molar-refractivity contribution is 0.223. The lowest BCUT2D eigenvalue weighted by Crippen LogP contribution is -2.19. The molecule has 152 valence electrons. The number of hydrogen-bond acceptors (Lipinski definition) is 6. The monoisotopic (exact) mass is 400 g/mol. The van der Waals surface area contributed by atoms with Gasteiger partial charge in [0.15, 0.2) is 0 Å². The summed E-state index contributed by atoms with van der Waals surface area (Å²) in [7, 11) is 0. The molecule has 1 aliphatic heterocycles. The van der Waals surface area contributed by atoms with Crippen LogP contribution in [-0.2, 0) is 0 Å². The summed E-state index contributed by atoms with van der Waals surface area (Å²) >= 11 is 0. The molecule has 7 nitrogen and oxygen atoms in total. The van der Waals surface area contributed by atoms with Crippen molar-refractivity contribution >= 4 is 34.0 Å². The molecule has 0 saturated carbocycles. The Kier molecular flexibility index (Phi) is 4.94. The zero-order valence-corrected chi connectivity index (χ0v) is 16.8. The second-order valence-electron chi connectivity index (χ2n) is 7.53. The van der Waals surface area contributed by atoms with Crippen LogP contribution in [0.5, 0.6) is 5.75 Å². The van der Waals surface area contributed by atoms with Crippen molar-refractivity contribution in [2.45, 2.75) is 19.4 Å². The van der Waals surface area contributed by atoms with Crippen LogP contribution >= 0.6 is 0 Å². The number of aromatic amines is 1. The molecule has 0 radical (unpaired) electrons. The van der Waals surface area contributed by atoms with Crippen LogP contribution in [-0.4, -0.2) is 34.1 Å². The molecule has 3 heterocycles. The van der Waals surface area contributed by atoms with E-state index in [2.05, 4.69) is 56.0 Å². The summed E-state index contributed by atoms with van der Waals surface area (Å²) in [6.45, 7) is 3.95. The van der Waals surface area contributed by atoms with Crippen molar-refractivity contribution in [1.82, 2.24) is 20.3 Å². The van der Waals surface area contributed by atoms with Crippen molar-refractivity contribution in [2.24, 2.45) is 0 Å². The predicted octanol–water partition coefficient (Wildman–Crippen LogP) is 4.49. The van der Waals surface area contributed by atoms with Crippen LogP contribution in [0.2, 0.25) is 0 Å². The van der Waals surface area contributed by atoms with Crippen LogP contribution in [0.1, 0.15) is 12.1 Å². The Labute approximate surface area is 174 Å². The third-order valence-corrected chi connectivity index (χ3v) is 5.09. The molecule has 1 atom stereocenters. The molecule has 7 heteroatoms. The van der Waals surface area contributed by atoms with Gasteiger partial charge >= 0.3 is 0 Å². The van der Waals surface area contributed by atoms with Gasteiger partial charge in [0.25, 0.3) is 0 Å². The zero-order valence-electron chi connectivity index (χ0n) is 16.8. The summed E-state index contributed by atoms with van der Waals surface area (Å²) in [5, 5.41) is 11.1. The van der Waals surface area contributed by atoms with E-state index < -0.39 is 0 Å². The molecule has 1 aliphatic rings. The second kappa shape index (κ2) is 8.04. The number of nitrogens with zero attached hydrogens (tertiary/aromatic N) is 2. The van der Waals surface area contributed by atoms with E-state index in [0.29, 0.717) is 5.95 Å². The lowest BCUT2D eigenvalue weighted by atomic mass is 10.2. The zero-order chi connectivity index (χ0) is 20.3. The number of H-pyrrole nitrogens is 1. The quantitative estimate of drug-likeness (QED) is 0.381. The van der Waals surface area contributed by atoms with Crippen molar-refractivity contribution in [3.8, 4) is 5.75 Å². The van der Waals surface area contributed by atoms with Gasteiger partial charge in [0.1, 0.15) is 17.7 Å². The Balaban J connectivity index is 1.29. The molecule has 0 aliphatic carbocycles. The first-order chi connectivity index (χ1) is 14.7. The first-order valence-electron chi connectivity index (χ1n) is 10.2. The average Bonchev–Trinajstić information content (AvgIpc) is 3.37. The number of rotatable bonds is 6. The molecule has 30 heavy (non-hydrogen) atoms. The van der Waals surface area contributed by atoms with Gasteiger partial charge < -0.3 is 25.7 Å². The van der Waals surface area contributed by atoms with E-state index in [-0.39, 0.29) is 6.10 Å². The van der Waals surface area contributed by atoms with Gasteiger partial charge in [-0.3, -0.25) is 0 Å². The van der Waals surface area contributed by atoms with E-state index in [4.69, 9.17) is 4.74 Å².